The number of nitrogens with one attached hydrogen (secondary N) is 1. The van der Waals surface area contributed by atoms with Gasteiger partial charge in [-0.25, -0.2) is 0 Å². The van der Waals surface area contributed by atoms with Gasteiger partial charge in [-0.1, -0.05) is 29.8 Å². The first kappa shape index (κ1) is 23.7. The number of pyridine rings is 1. The van der Waals surface area contributed by atoms with Crippen molar-refractivity contribution in [3.8, 4) is 0 Å². The molecule has 0 unspecified atom stereocenters. The molecule has 1 aromatic carbocycles. The van der Waals surface area contributed by atoms with E-state index in [9.17, 15) is 18.0 Å². The van der Waals surface area contributed by atoms with Gasteiger partial charge in [-0.15, -0.1) is 10.2 Å². The summed E-state index contributed by atoms with van der Waals surface area (Å²) in [6.45, 7) is 3.72. The van der Waals surface area contributed by atoms with E-state index in [4.69, 9.17) is 0 Å². The highest BCUT2D eigenvalue weighted by Crippen LogP contribution is 2.34. The van der Waals surface area contributed by atoms with Gasteiger partial charge in [0.1, 0.15) is 0 Å². The molecule has 4 rings (SSSR count). The van der Waals surface area contributed by atoms with Gasteiger partial charge in [-0.05, 0) is 71.9 Å². The van der Waals surface area contributed by atoms with E-state index >= 15 is 0 Å². The molecule has 7 nitrogen and oxygen atoms in total. The van der Waals surface area contributed by atoms with Gasteiger partial charge in [0, 0.05) is 31.2 Å². The molecule has 1 fully saturated rings. The van der Waals surface area contributed by atoms with E-state index in [-0.39, 0.29) is 11.8 Å². The maximum atomic E-state index is 12.8. The van der Waals surface area contributed by atoms with Gasteiger partial charge in [0.15, 0.2) is 0 Å². The smallest absolute Gasteiger partial charge is 0.311 e. The quantitative estimate of drug-likeness (QED) is 0.557. The molecule has 10 heteroatoms. The Kier molecular flexibility index (Phi) is 6.58. The lowest BCUT2D eigenvalue weighted by atomic mass is 9.82. The largest absolute Gasteiger partial charge is 0.417 e. The Bertz CT molecular complexity index is 1130. The van der Waals surface area contributed by atoms with Crippen molar-refractivity contribution < 1.29 is 18.0 Å². The zero-order valence-corrected chi connectivity index (χ0v) is 18.9. The predicted molar refractivity (Wildman–Crippen MR) is 119 cm³/mol. The number of halogens is 3. The maximum Gasteiger partial charge on any atom is 0.417 e. The van der Waals surface area contributed by atoms with Gasteiger partial charge < -0.3 is 5.32 Å². The van der Waals surface area contributed by atoms with Crippen LogP contribution in [-0.2, 0) is 17.4 Å². The van der Waals surface area contributed by atoms with Crippen LogP contribution in [0.5, 0.6) is 0 Å². The molecule has 178 valence electrons. The third-order valence-corrected chi connectivity index (χ3v) is 6.27. The lowest BCUT2D eigenvalue weighted by Gasteiger charge is -2.27. The van der Waals surface area contributed by atoms with Crippen molar-refractivity contribution in [3.63, 3.8) is 0 Å². The fourth-order valence-electron chi connectivity index (χ4n) is 4.25. The van der Waals surface area contributed by atoms with Gasteiger partial charge >= 0.3 is 6.18 Å². The minimum Gasteiger partial charge on any atom is -0.311 e. The van der Waals surface area contributed by atoms with Crippen LogP contribution < -0.4 is 5.32 Å². The Morgan fingerprint density at radius 2 is 1.82 bits per heavy atom. The first-order valence-electron chi connectivity index (χ1n) is 11.1. The Morgan fingerprint density at radius 3 is 2.44 bits per heavy atom. The summed E-state index contributed by atoms with van der Waals surface area (Å²) in [5, 5.41) is 17.4. The lowest BCUT2D eigenvalue weighted by Crippen LogP contribution is -2.45. The molecule has 1 aliphatic heterocycles. The predicted octanol–water partition coefficient (Wildman–Crippen LogP) is 6.28. The van der Waals surface area contributed by atoms with Crippen LogP contribution in [0.3, 0.4) is 0 Å². The van der Waals surface area contributed by atoms with Crippen molar-refractivity contribution in [2.24, 2.45) is 26.6 Å². The molecule has 0 spiro atoms. The zero-order valence-electron chi connectivity index (χ0n) is 18.9. The second kappa shape index (κ2) is 9.44. The van der Waals surface area contributed by atoms with E-state index in [1.54, 1.807) is 6.92 Å². The molecule has 2 aromatic rings. The van der Waals surface area contributed by atoms with Crippen molar-refractivity contribution in [2.45, 2.75) is 57.9 Å². The number of nitrogens with zero attached hydrogens (tertiary/aromatic N) is 5. The highest BCUT2D eigenvalue weighted by Gasteiger charge is 2.33. The molecule has 0 bridgehead atoms. The zero-order chi connectivity index (χ0) is 24.3. The van der Waals surface area contributed by atoms with Crippen LogP contribution in [0, 0.1) is 5.92 Å². The SMILES string of the molecule is CC(=C1CCC(C(=O)NC2(C)N=NN=N2)CC1)c1cccc(Cc2ccc(C(F)(F)F)cn2)c1. The van der Waals surface area contributed by atoms with Gasteiger partial charge in [0.2, 0.25) is 5.91 Å². The van der Waals surface area contributed by atoms with E-state index in [0.717, 1.165) is 49.1 Å². The number of carbonyl (C=O) groups is 1. The number of rotatable bonds is 5. The molecule has 1 aromatic heterocycles. The number of alkyl halides is 3. The van der Waals surface area contributed by atoms with E-state index in [2.05, 4.69) is 44.0 Å². The van der Waals surface area contributed by atoms with E-state index in [1.165, 1.54) is 17.2 Å². The monoisotopic (exact) mass is 470 g/mol. The highest BCUT2D eigenvalue weighted by atomic mass is 19.4. The minimum absolute atomic E-state index is 0.0926. The minimum atomic E-state index is -4.39. The molecule has 34 heavy (non-hydrogen) atoms. The fraction of sp³-hybridized carbons (Fsp3) is 0.417. The summed E-state index contributed by atoms with van der Waals surface area (Å²) in [6, 6.07) is 10.5. The molecule has 0 atom stereocenters. The molecule has 1 N–H and O–H groups in total. The average molecular weight is 470 g/mol. The van der Waals surface area contributed by atoms with Crippen LogP contribution >= 0.6 is 0 Å². The number of allylic oxidation sites excluding steroid dienone is 2. The van der Waals surface area contributed by atoms with Crippen molar-refractivity contribution in [1.29, 1.82) is 0 Å². The summed E-state index contributed by atoms with van der Waals surface area (Å²) < 4.78 is 38.3. The maximum absolute atomic E-state index is 12.8. The number of benzene rings is 1. The van der Waals surface area contributed by atoms with Crippen LogP contribution in [0.2, 0.25) is 0 Å². The summed E-state index contributed by atoms with van der Waals surface area (Å²) in [5.41, 5.74) is 4.36. The molecular formula is C24H25F3N6O. The number of aromatic nitrogens is 1. The first-order valence-corrected chi connectivity index (χ1v) is 11.1. The normalized spacial score (nSPS) is 19.3. The van der Waals surface area contributed by atoms with Crippen molar-refractivity contribution in [2.75, 3.05) is 0 Å². The van der Waals surface area contributed by atoms with Crippen LogP contribution in [0.4, 0.5) is 13.2 Å². The van der Waals surface area contributed by atoms with Crippen LogP contribution in [0.15, 0.2) is 68.8 Å². The topological polar surface area (TPSA) is 91.4 Å². The molecular weight excluding hydrogens is 445 g/mol. The summed E-state index contributed by atoms with van der Waals surface area (Å²) in [7, 11) is 0. The standard InChI is InChI=1S/C24H25F3N6O/c1-15(17-6-8-18(9-7-17)22(34)29-23(2)30-32-33-31-23)19-5-3-4-16(12-19)13-21-11-10-20(14-28-21)24(25,26)27/h3-5,10-12,14,18H,6-9,13H2,1-2H3,(H,29,34). The molecule has 1 amide bonds. The van der Waals surface area contributed by atoms with Crippen molar-refractivity contribution >= 4 is 11.5 Å². The second-order valence-electron chi connectivity index (χ2n) is 8.80. The van der Waals surface area contributed by atoms with E-state index in [1.807, 2.05) is 18.2 Å². The molecule has 2 aliphatic rings. The summed E-state index contributed by atoms with van der Waals surface area (Å²) >= 11 is 0. The Labute approximate surface area is 195 Å². The Hall–Kier alpha value is -3.43. The van der Waals surface area contributed by atoms with Gasteiger partial charge in [-0.2, -0.15) is 13.2 Å². The molecule has 1 saturated carbocycles. The molecule has 0 radical (unpaired) electrons. The molecule has 1 aliphatic carbocycles. The van der Waals surface area contributed by atoms with E-state index < -0.39 is 17.5 Å². The van der Waals surface area contributed by atoms with Crippen LogP contribution in [-0.4, -0.2) is 16.7 Å². The lowest BCUT2D eigenvalue weighted by molar-refractivity contribution is -0.137. The fourth-order valence-corrected chi connectivity index (χ4v) is 4.25. The average Bonchev–Trinajstić information content (AvgIpc) is 3.24. The second-order valence-corrected chi connectivity index (χ2v) is 8.80. The number of hydrogen-bond acceptors (Lipinski definition) is 6. The van der Waals surface area contributed by atoms with Gasteiger partial charge in [0.05, 0.1) is 5.56 Å². The third-order valence-electron chi connectivity index (χ3n) is 6.27. The highest BCUT2D eigenvalue weighted by molar-refractivity contribution is 5.80. The van der Waals surface area contributed by atoms with Crippen LogP contribution in [0.25, 0.3) is 5.57 Å². The summed E-state index contributed by atoms with van der Waals surface area (Å²) in [4.78, 5) is 16.6. The Morgan fingerprint density at radius 1 is 1.12 bits per heavy atom. The number of amides is 1. The van der Waals surface area contributed by atoms with Gasteiger partial charge in [0.25, 0.3) is 5.79 Å². The van der Waals surface area contributed by atoms with E-state index in [0.29, 0.717) is 12.1 Å². The first-order chi connectivity index (χ1) is 16.1. The number of carbonyl (C=O) groups excluding carboxylic acids is 1. The molecule has 0 saturated heterocycles. The van der Waals surface area contributed by atoms with Crippen molar-refractivity contribution in [3.05, 3.63) is 70.6 Å². The third kappa shape index (κ3) is 5.55. The Balaban J connectivity index is 1.39. The summed E-state index contributed by atoms with van der Waals surface area (Å²) in [6.07, 6.45) is 0.0298. The van der Waals surface area contributed by atoms with Gasteiger partial charge in [-0.3, -0.25) is 9.78 Å². The number of hydrogen-bond donors (Lipinski definition) is 1. The summed E-state index contributed by atoms with van der Waals surface area (Å²) in [5.74, 6) is -1.31. The van der Waals surface area contributed by atoms with Crippen LogP contribution in [0.1, 0.15) is 61.9 Å². The molecule has 2 heterocycles. The van der Waals surface area contributed by atoms with Crippen molar-refractivity contribution in [1.82, 2.24) is 10.3 Å².